The minimum atomic E-state index is 0.673. The largest absolute Gasteiger partial charge is 0.489 e. The number of benzene rings is 2. The second-order valence-corrected chi connectivity index (χ2v) is 4.95. The van der Waals surface area contributed by atoms with E-state index < -0.39 is 0 Å². The van der Waals surface area contributed by atoms with Crippen molar-refractivity contribution in [3.63, 3.8) is 0 Å². The molecule has 1 N–H and O–H groups in total. The highest BCUT2D eigenvalue weighted by Crippen LogP contribution is 2.28. The summed E-state index contributed by atoms with van der Waals surface area (Å²) in [6.07, 6.45) is 3.23. The van der Waals surface area contributed by atoms with Crippen LogP contribution in [0, 0.1) is 0 Å². The Labute approximate surface area is 120 Å². The predicted octanol–water partition coefficient (Wildman–Crippen LogP) is 3.29. The average Bonchev–Trinajstić information content (AvgIpc) is 2.53. The predicted molar refractivity (Wildman–Crippen MR) is 82.9 cm³/mol. The normalized spacial score (nSPS) is 13.3. The molecule has 3 rings (SSSR count). The molecule has 0 saturated carbocycles. The Balaban J connectivity index is 1.53. The van der Waals surface area contributed by atoms with Crippen LogP contribution in [0.1, 0.15) is 11.1 Å². The summed E-state index contributed by atoms with van der Waals surface area (Å²) in [6, 6.07) is 18.8. The van der Waals surface area contributed by atoms with Crippen LogP contribution < -0.4 is 10.1 Å². The lowest BCUT2D eigenvalue weighted by molar-refractivity contribution is 0.356. The minimum absolute atomic E-state index is 0.673. The first-order valence-electron chi connectivity index (χ1n) is 7.09. The summed E-state index contributed by atoms with van der Waals surface area (Å²) < 4.78 is 5.63. The van der Waals surface area contributed by atoms with Crippen molar-refractivity contribution in [1.29, 1.82) is 0 Å². The molecule has 1 heterocycles. The van der Waals surface area contributed by atoms with Gasteiger partial charge in [0.1, 0.15) is 12.4 Å². The van der Waals surface area contributed by atoms with E-state index >= 15 is 0 Å². The lowest BCUT2D eigenvalue weighted by atomic mass is 10.0. The van der Waals surface area contributed by atoms with Crippen LogP contribution in [0.15, 0.2) is 60.7 Å². The summed E-state index contributed by atoms with van der Waals surface area (Å²) in [4.78, 5) is 0. The summed E-state index contributed by atoms with van der Waals surface area (Å²) in [6.45, 7) is 2.56. The number of ether oxygens (including phenoxy) is 1. The monoisotopic (exact) mass is 265 g/mol. The molecule has 1 aliphatic heterocycles. The van der Waals surface area contributed by atoms with Crippen LogP contribution in [0.3, 0.4) is 0 Å². The molecular weight excluding hydrogens is 246 g/mol. The molecule has 0 aromatic heterocycles. The molecule has 0 bridgehead atoms. The molecule has 0 radical (unpaired) electrons. The fraction of sp³-hybridized carbons (Fsp3) is 0.222. The van der Waals surface area contributed by atoms with Gasteiger partial charge in [0.25, 0.3) is 0 Å². The van der Waals surface area contributed by atoms with Crippen LogP contribution in [0.25, 0.3) is 5.57 Å². The molecule has 0 saturated heterocycles. The summed E-state index contributed by atoms with van der Waals surface area (Å²) in [5, 5.41) is 3.52. The average molecular weight is 265 g/mol. The molecule has 0 unspecified atom stereocenters. The van der Waals surface area contributed by atoms with Gasteiger partial charge in [0.15, 0.2) is 0 Å². The molecule has 1 aliphatic rings. The molecule has 102 valence electrons. The van der Waals surface area contributed by atoms with Crippen LogP contribution in [0.5, 0.6) is 5.75 Å². The van der Waals surface area contributed by atoms with Gasteiger partial charge in [-0.25, -0.2) is 0 Å². The van der Waals surface area contributed by atoms with Crippen LogP contribution in [-0.4, -0.2) is 19.7 Å². The second kappa shape index (κ2) is 6.40. The fourth-order valence-electron chi connectivity index (χ4n) is 2.47. The van der Waals surface area contributed by atoms with Crippen LogP contribution in [-0.2, 0) is 6.42 Å². The molecule has 0 fully saturated rings. The Morgan fingerprint density at radius 3 is 2.65 bits per heavy atom. The zero-order valence-corrected chi connectivity index (χ0v) is 11.5. The maximum atomic E-state index is 5.63. The lowest BCUT2D eigenvalue weighted by Crippen LogP contribution is -2.21. The molecule has 2 aromatic carbocycles. The third kappa shape index (κ3) is 3.09. The molecular formula is C18H19NO. The minimum Gasteiger partial charge on any atom is -0.489 e. The highest BCUT2D eigenvalue weighted by atomic mass is 16.5. The SMILES string of the molecule is C1=C(CNCCc2ccccc2)c2ccccc2OC1. The molecule has 0 spiro atoms. The lowest BCUT2D eigenvalue weighted by Gasteiger charge is -2.18. The number of rotatable bonds is 5. The van der Waals surface area contributed by atoms with E-state index in [0.29, 0.717) is 6.61 Å². The van der Waals surface area contributed by atoms with Gasteiger partial charge in [0.2, 0.25) is 0 Å². The topological polar surface area (TPSA) is 21.3 Å². The van der Waals surface area contributed by atoms with Crippen LogP contribution >= 0.6 is 0 Å². The Kier molecular flexibility index (Phi) is 4.14. The Morgan fingerprint density at radius 2 is 1.75 bits per heavy atom. The van der Waals surface area contributed by atoms with E-state index in [2.05, 4.69) is 53.9 Å². The number of para-hydroxylation sites is 1. The zero-order chi connectivity index (χ0) is 13.6. The molecule has 2 nitrogen and oxygen atoms in total. The van der Waals surface area contributed by atoms with Gasteiger partial charge in [-0.3, -0.25) is 0 Å². The summed E-state index contributed by atoms with van der Waals surface area (Å²) in [7, 11) is 0. The Bertz CT molecular complexity index is 589. The summed E-state index contributed by atoms with van der Waals surface area (Å²) in [5.74, 6) is 0.995. The number of fused-ring (bicyclic) bond motifs is 1. The van der Waals surface area contributed by atoms with E-state index in [1.165, 1.54) is 16.7 Å². The zero-order valence-electron chi connectivity index (χ0n) is 11.5. The van der Waals surface area contributed by atoms with E-state index in [0.717, 1.165) is 25.3 Å². The van der Waals surface area contributed by atoms with Crippen molar-refractivity contribution in [2.24, 2.45) is 0 Å². The molecule has 20 heavy (non-hydrogen) atoms. The first-order chi connectivity index (χ1) is 9.93. The Morgan fingerprint density at radius 1 is 0.950 bits per heavy atom. The van der Waals surface area contributed by atoms with Crippen LogP contribution in [0.2, 0.25) is 0 Å². The first kappa shape index (κ1) is 12.9. The van der Waals surface area contributed by atoms with E-state index in [9.17, 15) is 0 Å². The van der Waals surface area contributed by atoms with Crippen molar-refractivity contribution in [1.82, 2.24) is 5.32 Å². The summed E-state index contributed by atoms with van der Waals surface area (Å²) in [5.41, 5.74) is 3.92. The van der Waals surface area contributed by atoms with Crippen molar-refractivity contribution < 1.29 is 4.74 Å². The summed E-state index contributed by atoms with van der Waals surface area (Å²) >= 11 is 0. The molecule has 2 heteroatoms. The number of hydrogen-bond acceptors (Lipinski definition) is 2. The van der Waals surface area contributed by atoms with Crippen LogP contribution in [0.4, 0.5) is 0 Å². The van der Waals surface area contributed by atoms with Crippen molar-refractivity contribution in [2.75, 3.05) is 19.7 Å². The van der Waals surface area contributed by atoms with Crippen molar-refractivity contribution >= 4 is 5.57 Å². The quantitative estimate of drug-likeness (QED) is 0.838. The second-order valence-electron chi connectivity index (χ2n) is 4.95. The number of nitrogens with one attached hydrogen (secondary N) is 1. The van der Waals surface area contributed by atoms with E-state index in [4.69, 9.17) is 4.74 Å². The van der Waals surface area contributed by atoms with E-state index in [-0.39, 0.29) is 0 Å². The van der Waals surface area contributed by atoms with Gasteiger partial charge in [0.05, 0.1) is 0 Å². The van der Waals surface area contributed by atoms with Gasteiger partial charge in [-0.1, -0.05) is 48.5 Å². The van der Waals surface area contributed by atoms with Gasteiger partial charge in [-0.05, 0) is 36.2 Å². The van der Waals surface area contributed by atoms with Gasteiger partial charge in [0, 0.05) is 12.1 Å². The molecule has 0 amide bonds. The highest BCUT2D eigenvalue weighted by molar-refractivity contribution is 5.73. The van der Waals surface area contributed by atoms with E-state index in [1.54, 1.807) is 0 Å². The standard InChI is InChI=1S/C18H19NO/c1-2-6-15(7-3-1)10-12-19-14-16-11-13-20-18-9-5-4-8-17(16)18/h1-9,11,19H,10,12-14H2. The molecule has 2 aromatic rings. The first-order valence-corrected chi connectivity index (χ1v) is 7.09. The molecule has 0 atom stereocenters. The third-order valence-electron chi connectivity index (χ3n) is 3.55. The van der Waals surface area contributed by atoms with Gasteiger partial charge in [-0.15, -0.1) is 0 Å². The van der Waals surface area contributed by atoms with Gasteiger partial charge in [-0.2, -0.15) is 0 Å². The van der Waals surface area contributed by atoms with E-state index in [1.807, 2.05) is 12.1 Å². The Hall–Kier alpha value is -2.06. The van der Waals surface area contributed by atoms with Gasteiger partial charge >= 0.3 is 0 Å². The maximum Gasteiger partial charge on any atom is 0.127 e. The fourth-order valence-corrected chi connectivity index (χ4v) is 2.47. The van der Waals surface area contributed by atoms with Crippen molar-refractivity contribution in [2.45, 2.75) is 6.42 Å². The third-order valence-corrected chi connectivity index (χ3v) is 3.55. The smallest absolute Gasteiger partial charge is 0.127 e. The molecule has 0 aliphatic carbocycles. The van der Waals surface area contributed by atoms with Gasteiger partial charge < -0.3 is 10.1 Å². The van der Waals surface area contributed by atoms with Crippen molar-refractivity contribution in [3.05, 3.63) is 71.8 Å². The maximum absolute atomic E-state index is 5.63. The highest BCUT2D eigenvalue weighted by Gasteiger charge is 2.11. The number of hydrogen-bond donors (Lipinski definition) is 1. The van der Waals surface area contributed by atoms with Crippen molar-refractivity contribution in [3.8, 4) is 5.75 Å².